The highest BCUT2D eigenvalue weighted by atomic mass is 16.3. The zero-order valence-electron chi connectivity index (χ0n) is 14.9. The fraction of sp³-hybridized carbons (Fsp3) is 0.444. The van der Waals surface area contributed by atoms with Gasteiger partial charge in [0.15, 0.2) is 0 Å². The average Bonchev–Trinajstić information content (AvgIpc) is 3.05. The molecule has 0 radical (unpaired) electrons. The van der Waals surface area contributed by atoms with E-state index in [2.05, 4.69) is 20.6 Å². The second-order valence-corrected chi connectivity index (χ2v) is 6.22. The summed E-state index contributed by atoms with van der Waals surface area (Å²) in [6.45, 7) is 1.75. The summed E-state index contributed by atoms with van der Waals surface area (Å²) in [5, 5.41) is 19.1. The van der Waals surface area contributed by atoms with Gasteiger partial charge in [-0.2, -0.15) is 5.10 Å². The van der Waals surface area contributed by atoms with Crippen LogP contribution in [0.2, 0.25) is 0 Å². The van der Waals surface area contributed by atoms with Gasteiger partial charge in [0.05, 0.1) is 24.5 Å². The third kappa shape index (κ3) is 6.56. The number of benzene rings is 1. The van der Waals surface area contributed by atoms with Gasteiger partial charge >= 0.3 is 6.03 Å². The van der Waals surface area contributed by atoms with E-state index in [4.69, 9.17) is 5.11 Å². The van der Waals surface area contributed by atoms with Gasteiger partial charge in [-0.1, -0.05) is 30.3 Å². The van der Waals surface area contributed by atoms with Crippen LogP contribution in [0.1, 0.15) is 24.4 Å². The molecule has 0 saturated heterocycles. The number of hydrogen-bond acceptors (Lipinski definition) is 4. The van der Waals surface area contributed by atoms with Gasteiger partial charge in [-0.15, -0.1) is 0 Å². The van der Waals surface area contributed by atoms with Crippen LogP contribution in [0.4, 0.5) is 10.5 Å². The maximum atomic E-state index is 12.3. The molecule has 3 N–H and O–H groups in total. The molecule has 0 aliphatic rings. The maximum Gasteiger partial charge on any atom is 0.319 e. The topological polar surface area (TPSA) is 82.4 Å². The lowest BCUT2D eigenvalue weighted by atomic mass is 10.0. The van der Waals surface area contributed by atoms with E-state index in [-0.39, 0.29) is 18.7 Å². The lowest BCUT2D eigenvalue weighted by Crippen LogP contribution is -2.32. The van der Waals surface area contributed by atoms with E-state index >= 15 is 0 Å². The number of anilines is 1. The highest BCUT2D eigenvalue weighted by Gasteiger charge is 2.14. The fourth-order valence-corrected chi connectivity index (χ4v) is 2.48. The first-order chi connectivity index (χ1) is 12.1. The predicted molar refractivity (Wildman–Crippen MR) is 98.4 cm³/mol. The molecule has 1 unspecified atom stereocenters. The van der Waals surface area contributed by atoms with Crippen LogP contribution in [0, 0.1) is 0 Å². The van der Waals surface area contributed by atoms with E-state index in [0.717, 1.165) is 18.7 Å². The second kappa shape index (κ2) is 9.80. The normalized spacial score (nSPS) is 12.2. The Kier molecular flexibility index (Phi) is 7.43. The second-order valence-electron chi connectivity index (χ2n) is 6.22. The van der Waals surface area contributed by atoms with Crippen LogP contribution >= 0.6 is 0 Å². The minimum atomic E-state index is -0.279. The number of aliphatic hydroxyl groups excluding tert-OH is 1. The monoisotopic (exact) mass is 345 g/mol. The fourth-order valence-electron chi connectivity index (χ4n) is 2.48. The summed E-state index contributed by atoms with van der Waals surface area (Å²) < 4.78 is 1.80. The summed E-state index contributed by atoms with van der Waals surface area (Å²) in [5.74, 6) is 0. The van der Waals surface area contributed by atoms with Crippen molar-refractivity contribution in [1.82, 2.24) is 20.0 Å². The molecule has 0 saturated carbocycles. The quantitative estimate of drug-likeness (QED) is 0.650. The Labute approximate surface area is 148 Å². The number of carbonyl (C=O) groups is 1. The maximum absolute atomic E-state index is 12.3. The Balaban J connectivity index is 1.92. The Morgan fingerprint density at radius 3 is 2.76 bits per heavy atom. The Bertz CT molecular complexity index is 642. The largest absolute Gasteiger partial charge is 0.396 e. The minimum absolute atomic E-state index is 0.102. The summed E-state index contributed by atoms with van der Waals surface area (Å²) in [7, 11) is 4.01. The SMILES string of the molecule is CN(C)CCn1cc(NC(=O)NC(CCCO)c2ccccc2)cn1. The number of rotatable bonds is 9. The third-order valence-corrected chi connectivity index (χ3v) is 3.83. The van der Waals surface area contributed by atoms with E-state index in [9.17, 15) is 4.79 Å². The van der Waals surface area contributed by atoms with Gasteiger partial charge in [-0.3, -0.25) is 4.68 Å². The van der Waals surface area contributed by atoms with Crippen molar-refractivity contribution in [3.05, 3.63) is 48.3 Å². The molecular formula is C18H27N5O2. The molecule has 1 aromatic carbocycles. The summed E-state index contributed by atoms with van der Waals surface area (Å²) in [6.07, 6.45) is 4.76. The number of amides is 2. The number of aliphatic hydroxyl groups is 1. The summed E-state index contributed by atoms with van der Waals surface area (Å²) in [4.78, 5) is 14.4. The molecule has 136 valence electrons. The first kappa shape index (κ1) is 19.0. The molecule has 1 heterocycles. The lowest BCUT2D eigenvalue weighted by molar-refractivity contribution is 0.244. The van der Waals surface area contributed by atoms with Gasteiger partial charge in [0.2, 0.25) is 0 Å². The molecule has 0 aliphatic heterocycles. The smallest absolute Gasteiger partial charge is 0.319 e. The van der Waals surface area contributed by atoms with Crippen LogP contribution in [-0.2, 0) is 6.54 Å². The molecule has 2 rings (SSSR count). The molecule has 1 atom stereocenters. The summed E-state index contributed by atoms with van der Waals surface area (Å²) >= 11 is 0. The van der Waals surface area contributed by atoms with Gasteiger partial charge in [0.25, 0.3) is 0 Å². The average molecular weight is 345 g/mol. The molecule has 0 bridgehead atoms. The van der Waals surface area contributed by atoms with Crippen molar-refractivity contribution in [2.75, 3.05) is 32.6 Å². The Hall–Kier alpha value is -2.38. The van der Waals surface area contributed by atoms with Crippen LogP contribution in [0.3, 0.4) is 0 Å². The van der Waals surface area contributed by atoms with Crippen molar-refractivity contribution < 1.29 is 9.90 Å². The van der Waals surface area contributed by atoms with Gasteiger partial charge in [0.1, 0.15) is 0 Å². The van der Waals surface area contributed by atoms with Gasteiger partial charge in [-0.05, 0) is 32.5 Å². The van der Waals surface area contributed by atoms with Crippen LogP contribution in [0.5, 0.6) is 0 Å². The number of urea groups is 1. The molecule has 0 aliphatic carbocycles. The van der Waals surface area contributed by atoms with Crippen molar-refractivity contribution in [2.45, 2.75) is 25.4 Å². The van der Waals surface area contributed by atoms with Crippen LogP contribution in [0.25, 0.3) is 0 Å². The van der Waals surface area contributed by atoms with Gasteiger partial charge in [-0.25, -0.2) is 4.79 Å². The molecule has 0 spiro atoms. The first-order valence-electron chi connectivity index (χ1n) is 8.49. The van der Waals surface area contributed by atoms with Crippen molar-refractivity contribution in [2.24, 2.45) is 0 Å². The lowest BCUT2D eigenvalue weighted by Gasteiger charge is -2.19. The molecular weight excluding hydrogens is 318 g/mol. The van der Waals surface area contributed by atoms with Crippen molar-refractivity contribution in [3.8, 4) is 0 Å². The standard InChI is InChI=1S/C18H27N5O2/c1-22(2)10-11-23-14-16(13-19-23)20-18(25)21-17(9-6-12-24)15-7-4-3-5-8-15/h3-5,7-8,13-14,17,24H,6,9-12H2,1-2H3,(H2,20,21,25). The predicted octanol–water partition coefficient (Wildman–Crippen LogP) is 2.08. The molecule has 25 heavy (non-hydrogen) atoms. The number of nitrogens with one attached hydrogen (secondary N) is 2. The van der Waals surface area contributed by atoms with E-state index < -0.39 is 0 Å². The number of hydrogen-bond donors (Lipinski definition) is 3. The van der Waals surface area contributed by atoms with Crippen molar-refractivity contribution >= 4 is 11.7 Å². The number of aromatic nitrogens is 2. The van der Waals surface area contributed by atoms with E-state index in [0.29, 0.717) is 18.5 Å². The molecule has 7 nitrogen and oxygen atoms in total. The highest BCUT2D eigenvalue weighted by molar-refractivity contribution is 5.89. The summed E-state index contributed by atoms with van der Waals surface area (Å²) in [6, 6.07) is 9.35. The first-order valence-corrected chi connectivity index (χ1v) is 8.49. The van der Waals surface area contributed by atoms with Gasteiger partial charge < -0.3 is 20.6 Å². The van der Waals surface area contributed by atoms with Crippen molar-refractivity contribution in [3.63, 3.8) is 0 Å². The third-order valence-electron chi connectivity index (χ3n) is 3.83. The van der Waals surface area contributed by atoms with E-state index in [1.54, 1.807) is 10.9 Å². The zero-order valence-corrected chi connectivity index (χ0v) is 14.9. The number of nitrogens with zero attached hydrogens (tertiary/aromatic N) is 3. The van der Waals surface area contributed by atoms with Crippen molar-refractivity contribution in [1.29, 1.82) is 0 Å². The minimum Gasteiger partial charge on any atom is -0.396 e. The Morgan fingerprint density at radius 1 is 1.32 bits per heavy atom. The molecule has 2 amide bonds. The van der Waals surface area contributed by atoms with E-state index in [1.807, 2.05) is 50.6 Å². The molecule has 0 fully saturated rings. The molecule has 7 heteroatoms. The Morgan fingerprint density at radius 2 is 2.08 bits per heavy atom. The van der Waals surface area contributed by atoms with Crippen LogP contribution in [0.15, 0.2) is 42.7 Å². The van der Waals surface area contributed by atoms with E-state index in [1.165, 1.54) is 0 Å². The van der Waals surface area contributed by atoms with Gasteiger partial charge in [0, 0.05) is 19.3 Å². The van der Waals surface area contributed by atoms with Crippen LogP contribution < -0.4 is 10.6 Å². The number of likely N-dealkylation sites (N-methyl/N-ethyl adjacent to an activating group) is 1. The highest BCUT2D eigenvalue weighted by Crippen LogP contribution is 2.18. The summed E-state index contributed by atoms with van der Waals surface area (Å²) in [5.41, 5.74) is 1.68. The zero-order chi connectivity index (χ0) is 18.1. The molecule has 2 aromatic rings. The number of carbonyl (C=O) groups excluding carboxylic acids is 1. The molecule has 1 aromatic heterocycles. The van der Waals surface area contributed by atoms with Crippen LogP contribution in [-0.4, -0.2) is 53.1 Å².